The van der Waals surface area contributed by atoms with Crippen LogP contribution in [0.1, 0.15) is 33.5 Å². The summed E-state index contributed by atoms with van der Waals surface area (Å²) in [6.07, 6.45) is -8.54. The molecule has 140 valence electrons. The average molecular weight is 375 g/mol. The molecule has 8 heteroatoms. The van der Waals surface area contributed by atoms with Gasteiger partial charge >= 0.3 is 12.4 Å². The summed E-state index contributed by atoms with van der Waals surface area (Å²) in [6, 6.07) is 9.19. The van der Waals surface area contributed by atoms with Gasteiger partial charge in [-0.25, -0.2) is 0 Å². The highest BCUT2D eigenvalue weighted by Crippen LogP contribution is 2.32. The molecule has 0 saturated heterocycles. The third-order valence-electron chi connectivity index (χ3n) is 3.66. The van der Waals surface area contributed by atoms with Crippen LogP contribution < -0.4 is 5.32 Å². The first kappa shape index (κ1) is 19.8. The smallest absolute Gasteiger partial charge is 0.352 e. The van der Waals surface area contributed by atoms with Crippen molar-refractivity contribution >= 4 is 5.91 Å². The van der Waals surface area contributed by atoms with Crippen molar-refractivity contribution < 1.29 is 31.1 Å². The summed E-state index contributed by atoms with van der Waals surface area (Å²) in [5.41, 5.74) is -1.85. The van der Waals surface area contributed by atoms with E-state index in [4.69, 9.17) is 0 Å². The van der Waals surface area contributed by atoms with Crippen LogP contribution in [-0.2, 0) is 18.8 Å². The average Bonchev–Trinajstić information content (AvgIpc) is 2.57. The molecule has 2 aromatic rings. The lowest BCUT2D eigenvalue weighted by Crippen LogP contribution is -2.27. The molecule has 1 amide bonds. The van der Waals surface area contributed by atoms with Crippen LogP contribution in [-0.4, -0.2) is 12.5 Å². The van der Waals surface area contributed by atoms with Crippen molar-refractivity contribution in [2.75, 3.05) is 6.54 Å². The second-order valence-corrected chi connectivity index (χ2v) is 5.60. The number of carbonyl (C=O) groups excluding carboxylic acids is 1. The van der Waals surface area contributed by atoms with E-state index >= 15 is 0 Å². The lowest BCUT2D eigenvalue weighted by Gasteiger charge is -2.13. The molecule has 0 aliphatic carbocycles. The second kappa shape index (κ2) is 7.80. The molecule has 0 heterocycles. The number of halogens is 6. The molecule has 0 spiro atoms. The summed E-state index contributed by atoms with van der Waals surface area (Å²) in [5, 5.41) is 2.37. The first-order valence-corrected chi connectivity index (χ1v) is 7.69. The normalized spacial score (nSPS) is 12.1. The van der Waals surface area contributed by atoms with E-state index < -0.39 is 35.0 Å². The van der Waals surface area contributed by atoms with Gasteiger partial charge in [-0.05, 0) is 36.6 Å². The molecule has 0 atom stereocenters. The van der Waals surface area contributed by atoms with Gasteiger partial charge in [0.25, 0.3) is 5.91 Å². The van der Waals surface area contributed by atoms with Gasteiger partial charge in [0.2, 0.25) is 0 Å². The molecule has 0 radical (unpaired) electrons. The van der Waals surface area contributed by atoms with Crippen molar-refractivity contribution in [2.45, 2.75) is 25.2 Å². The van der Waals surface area contributed by atoms with E-state index in [0.717, 1.165) is 24.3 Å². The van der Waals surface area contributed by atoms with Crippen molar-refractivity contribution in [3.05, 3.63) is 70.8 Å². The molecule has 2 rings (SSSR count). The van der Waals surface area contributed by atoms with Crippen LogP contribution in [0.25, 0.3) is 0 Å². The lowest BCUT2D eigenvalue weighted by molar-refractivity contribution is -0.138. The van der Waals surface area contributed by atoms with E-state index in [1.165, 1.54) is 24.3 Å². The van der Waals surface area contributed by atoms with Crippen molar-refractivity contribution in [1.29, 1.82) is 0 Å². The van der Waals surface area contributed by atoms with E-state index in [2.05, 4.69) is 5.32 Å². The zero-order chi connectivity index (χ0) is 19.4. The van der Waals surface area contributed by atoms with Gasteiger partial charge < -0.3 is 5.32 Å². The summed E-state index contributed by atoms with van der Waals surface area (Å²) >= 11 is 0. The van der Waals surface area contributed by atoms with Crippen LogP contribution in [0.15, 0.2) is 48.5 Å². The largest absolute Gasteiger partial charge is 0.417 e. The van der Waals surface area contributed by atoms with Crippen molar-refractivity contribution in [3.8, 4) is 0 Å². The van der Waals surface area contributed by atoms with Gasteiger partial charge in [-0.15, -0.1) is 0 Å². The number of hydrogen-bond acceptors (Lipinski definition) is 1. The van der Waals surface area contributed by atoms with Crippen LogP contribution in [0.5, 0.6) is 0 Å². The Bertz CT molecular complexity index is 767. The molecule has 26 heavy (non-hydrogen) atoms. The lowest BCUT2D eigenvalue weighted by atomic mass is 10.1. The first-order chi connectivity index (χ1) is 12.1. The third kappa shape index (κ3) is 5.24. The predicted octanol–water partition coefficient (Wildman–Crippen LogP) is 5.09. The van der Waals surface area contributed by atoms with Gasteiger partial charge in [0.15, 0.2) is 0 Å². The molecule has 0 aliphatic rings. The van der Waals surface area contributed by atoms with Crippen LogP contribution in [0.2, 0.25) is 0 Å². The van der Waals surface area contributed by atoms with E-state index in [-0.39, 0.29) is 13.0 Å². The molecule has 0 fully saturated rings. The van der Waals surface area contributed by atoms with Crippen molar-refractivity contribution in [1.82, 2.24) is 5.32 Å². The molecule has 0 saturated carbocycles. The van der Waals surface area contributed by atoms with E-state index in [0.29, 0.717) is 12.0 Å². The third-order valence-corrected chi connectivity index (χ3v) is 3.66. The highest BCUT2D eigenvalue weighted by molar-refractivity contribution is 5.95. The Morgan fingerprint density at radius 3 is 2.23 bits per heavy atom. The van der Waals surface area contributed by atoms with Gasteiger partial charge in [-0.3, -0.25) is 4.79 Å². The molecule has 0 aliphatic heterocycles. The topological polar surface area (TPSA) is 29.1 Å². The summed E-state index contributed by atoms with van der Waals surface area (Å²) in [5.74, 6) is -0.873. The van der Waals surface area contributed by atoms with Crippen LogP contribution in [0.4, 0.5) is 26.3 Å². The fourth-order valence-corrected chi connectivity index (χ4v) is 2.42. The fourth-order valence-electron chi connectivity index (χ4n) is 2.42. The minimum atomic E-state index is -4.65. The predicted molar refractivity (Wildman–Crippen MR) is 83.5 cm³/mol. The number of benzene rings is 2. The Balaban J connectivity index is 1.92. The zero-order valence-corrected chi connectivity index (χ0v) is 13.4. The number of carbonyl (C=O) groups is 1. The Kier molecular flexibility index (Phi) is 5.94. The van der Waals surface area contributed by atoms with Crippen LogP contribution >= 0.6 is 0 Å². The van der Waals surface area contributed by atoms with Gasteiger partial charge in [-0.2, -0.15) is 26.3 Å². The summed E-state index contributed by atoms with van der Waals surface area (Å²) in [6.45, 7) is 0.0429. The van der Waals surface area contributed by atoms with Crippen molar-refractivity contribution in [2.24, 2.45) is 0 Å². The molecule has 2 aromatic carbocycles. The van der Waals surface area contributed by atoms with Gasteiger partial charge in [-0.1, -0.05) is 30.3 Å². The minimum Gasteiger partial charge on any atom is -0.352 e. The standard InChI is InChI=1S/C18H15F6NO/c19-17(20,21)13-7-3-5-12(11-13)6-4-10-25-16(26)14-8-1-2-9-15(14)18(22,23)24/h1-3,5,7-9,11H,4,6,10H2,(H,25,26). The van der Waals surface area contributed by atoms with Crippen molar-refractivity contribution in [3.63, 3.8) is 0 Å². The summed E-state index contributed by atoms with van der Waals surface area (Å²) in [7, 11) is 0. The number of alkyl halides is 6. The number of amides is 1. The number of aryl methyl sites for hydroxylation is 1. The quantitative estimate of drug-likeness (QED) is 0.573. The van der Waals surface area contributed by atoms with Gasteiger partial charge in [0.1, 0.15) is 0 Å². The van der Waals surface area contributed by atoms with E-state index in [1.54, 1.807) is 0 Å². The van der Waals surface area contributed by atoms with Gasteiger partial charge in [0.05, 0.1) is 16.7 Å². The van der Waals surface area contributed by atoms with E-state index in [1.807, 2.05) is 0 Å². The monoisotopic (exact) mass is 375 g/mol. The van der Waals surface area contributed by atoms with Gasteiger partial charge in [0, 0.05) is 6.54 Å². The second-order valence-electron chi connectivity index (χ2n) is 5.60. The number of hydrogen-bond donors (Lipinski definition) is 1. The molecule has 1 N–H and O–H groups in total. The molecular weight excluding hydrogens is 360 g/mol. The Morgan fingerprint density at radius 2 is 1.58 bits per heavy atom. The SMILES string of the molecule is O=C(NCCCc1cccc(C(F)(F)F)c1)c1ccccc1C(F)(F)F. The minimum absolute atomic E-state index is 0.0429. The maximum atomic E-state index is 12.9. The maximum absolute atomic E-state index is 12.9. The van der Waals surface area contributed by atoms with Crippen LogP contribution in [0.3, 0.4) is 0 Å². The number of nitrogens with one attached hydrogen (secondary N) is 1. The number of rotatable bonds is 5. The summed E-state index contributed by atoms with van der Waals surface area (Å²) in [4.78, 5) is 11.9. The molecular formula is C18H15F6NO. The maximum Gasteiger partial charge on any atom is 0.417 e. The highest BCUT2D eigenvalue weighted by atomic mass is 19.4. The molecule has 2 nitrogen and oxygen atoms in total. The molecule has 0 aromatic heterocycles. The summed E-state index contributed by atoms with van der Waals surface area (Å²) < 4.78 is 76.5. The Hall–Kier alpha value is -2.51. The Morgan fingerprint density at radius 1 is 0.885 bits per heavy atom. The zero-order valence-electron chi connectivity index (χ0n) is 13.4. The fraction of sp³-hybridized carbons (Fsp3) is 0.278. The highest BCUT2D eigenvalue weighted by Gasteiger charge is 2.34. The first-order valence-electron chi connectivity index (χ1n) is 7.69. The van der Waals surface area contributed by atoms with Crippen LogP contribution in [0, 0.1) is 0 Å². The molecule has 0 unspecified atom stereocenters. The molecule has 0 bridgehead atoms. The van der Waals surface area contributed by atoms with E-state index in [9.17, 15) is 31.1 Å². The Labute approximate surface area is 145 Å².